The van der Waals surface area contributed by atoms with Gasteiger partial charge in [0.05, 0.1) is 0 Å². The van der Waals surface area contributed by atoms with Crippen LogP contribution in [0.15, 0.2) is 48.5 Å². The molecule has 2 aromatic rings. The SMILES string of the molecule is CC(C)C(NC(=O)c1c(F)cccc1F)C(=O)NC1CCN(Cc2ccccc2)CC1. The Morgan fingerprint density at radius 2 is 1.61 bits per heavy atom. The van der Waals surface area contributed by atoms with E-state index in [1.165, 1.54) is 11.6 Å². The summed E-state index contributed by atoms with van der Waals surface area (Å²) in [4.78, 5) is 27.6. The monoisotopic (exact) mass is 429 g/mol. The third-order valence-electron chi connectivity index (χ3n) is 5.61. The molecule has 1 heterocycles. The van der Waals surface area contributed by atoms with Crippen LogP contribution in [0.3, 0.4) is 0 Å². The lowest BCUT2D eigenvalue weighted by atomic mass is 9.99. The minimum atomic E-state index is -0.953. The molecule has 1 aliphatic rings. The van der Waals surface area contributed by atoms with E-state index in [1.54, 1.807) is 13.8 Å². The number of piperidine rings is 1. The number of hydrogen-bond acceptors (Lipinski definition) is 3. The van der Waals surface area contributed by atoms with Gasteiger partial charge in [-0.2, -0.15) is 0 Å². The molecular weight excluding hydrogens is 400 g/mol. The molecule has 0 bridgehead atoms. The number of carbonyl (C=O) groups excluding carboxylic acids is 2. The van der Waals surface area contributed by atoms with Gasteiger partial charge in [0.2, 0.25) is 5.91 Å². The zero-order chi connectivity index (χ0) is 22.4. The molecule has 0 aliphatic carbocycles. The highest BCUT2D eigenvalue weighted by Gasteiger charge is 2.29. The molecule has 5 nitrogen and oxygen atoms in total. The van der Waals surface area contributed by atoms with Crippen molar-refractivity contribution in [2.75, 3.05) is 13.1 Å². The fourth-order valence-electron chi connectivity index (χ4n) is 3.83. The number of rotatable bonds is 7. The molecule has 2 aromatic carbocycles. The van der Waals surface area contributed by atoms with Crippen LogP contribution >= 0.6 is 0 Å². The Balaban J connectivity index is 1.54. The normalized spacial score (nSPS) is 16.2. The molecular formula is C24H29F2N3O2. The minimum Gasteiger partial charge on any atom is -0.351 e. The van der Waals surface area contributed by atoms with Crippen LogP contribution < -0.4 is 10.6 Å². The highest BCUT2D eigenvalue weighted by atomic mass is 19.1. The zero-order valence-corrected chi connectivity index (χ0v) is 17.9. The van der Waals surface area contributed by atoms with Gasteiger partial charge < -0.3 is 10.6 Å². The molecule has 0 aromatic heterocycles. The Bertz CT molecular complexity index is 877. The van der Waals surface area contributed by atoms with Crippen LogP contribution in [-0.4, -0.2) is 41.9 Å². The van der Waals surface area contributed by atoms with Crippen molar-refractivity contribution in [3.8, 4) is 0 Å². The van der Waals surface area contributed by atoms with Crippen LogP contribution in [0.1, 0.15) is 42.6 Å². The molecule has 166 valence electrons. The van der Waals surface area contributed by atoms with E-state index >= 15 is 0 Å². The van der Waals surface area contributed by atoms with Crippen molar-refractivity contribution in [3.05, 3.63) is 71.3 Å². The number of hydrogen-bond donors (Lipinski definition) is 2. The number of halogens is 2. The quantitative estimate of drug-likeness (QED) is 0.708. The van der Waals surface area contributed by atoms with Crippen molar-refractivity contribution in [2.45, 2.75) is 45.3 Å². The summed E-state index contributed by atoms with van der Waals surface area (Å²) in [6.45, 7) is 6.16. The van der Waals surface area contributed by atoms with Crippen molar-refractivity contribution < 1.29 is 18.4 Å². The summed E-state index contributed by atoms with van der Waals surface area (Å²) in [6.07, 6.45) is 1.61. The topological polar surface area (TPSA) is 61.4 Å². The van der Waals surface area contributed by atoms with Crippen LogP contribution in [0.5, 0.6) is 0 Å². The Morgan fingerprint density at radius 1 is 1.00 bits per heavy atom. The maximum absolute atomic E-state index is 13.9. The predicted molar refractivity (Wildman–Crippen MR) is 115 cm³/mol. The maximum Gasteiger partial charge on any atom is 0.257 e. The van der Waals surface area contributed by atoms with Gasteiger partial charge in [-0.25, -0.2) is 8.78 Å². The number of carbonyl (C=O) groups is 2. The standard InChI is InChI=1S/C24H29F2N3O2/c1-16(2)22(28-23(30)21-19(25)9-6-10-20(21)26)24(31)27-18-11-13-29(14-12-18)15-17-7-4-3-5-8-17/h3-10,16,18,22H,11-15H2,1-2H3,(H,27,31)(H,28,30). The smallest absolute Gasteiger partial charge is 0.257 e. The van der Waals surface area contributed by atoms with Crippen LogP contribution in [0.2, 0.25) is 0 Å². The average molecular weight is 430 g/mol. The molecule has 1 unspecified atom stereocenters. The summed E-state index contributed by atoms with van der Waals surface area (Å²) in [6, 6.07) is 12.6. The van der Waals surface area contributed by atoms with Crippen molar-refractivity contribution in [1.29, 1.82) is 0 Å². The molecule has 1 fully saturated rings. The first-order chi connectivity index (χ1) is 14.8. The molecule has 7 heteroatoms. The predicted octanol–water partition coefficient (Wildman–Crippen LogP) is 3.50. The van der Waals surface area contributed by atoms with Gasteiger partial charge in [0.15, 0.2) is 0 Å². The maximum atomic E-state index is 13.9. The number of nitrogens with one attached hydrogen (secondary N) is 2. The summed E-state index contributed by atoms with van der Waals surface area (Å²) in [5.41, 5.74) is 0.586. The lowest BCUT2D eigenvalue weighted by Crippen LogP contribution is -2.54. The van der Waals surface area contributed by atoms with E-state index < -0.39 is 29.1 Å². The molecule has 0 spiro atoms. The molecule has 1 aliphatic heterocycles. The Morgan fingerprint density at radius 3 is 2.19 bits per heavy atom. The van der Waals surface area contributed by atoms with Crippen molar-refractivity contribution in [2.24, 2.45) is 5.92 Å². The minimum absolute atomic E-state index is 0.00266. The van der Waals surface area contributed by atoms with Gasteiger partial charge in [-0.15, -0.1) is 0 Å². The fourth-order valence-corrected chi connectivity index (χ4v) is 3.83. The summed E-state index contributed by atoms with van der Waals surface area (Å²) in [7, 11) is 0. The van der Waals surface area contributed by atoms with Crippen molar-refractivity contribution in [1.82, 2.24) is 15.5 Å². The van der Waals surface area contributed by atoms with Crippen LogP contribution in [0.25, 0.3) is 0 Å². The second-order valence-electron chi connectivity index (χ2n) is 8.34. The molecule has 3 rings (SSSR count). The van der Waals surface area contributed by atoms with Gasteiger partial charge in [-0.05, 0) is 36.5 Å². The number of nitrogens with zero attached hydrogens (tertiary/aromatic N) is 1. The van der Waals surface area contributed by atoms with Gasteiger partial charge in [-0.3, -0.25) is 14.5 Å². The van der Waals surface area contributed by atoms with E-state index in [0.717, 1.165) is 44.6 Å². The van der Waals surface area contributed by atoms with Gasteiger partial charge in [0.25, 0.3) is 5.91 Å². The molecule has 1 saturated heterocycles. The van der Waals surface area contributed by atoms with Gasteiger partial charge >= 0.3 is 0 Å². The van der Waals surface area contributed by atoms with Crippen molar-refractivity contribution >= 4 is 11.8 Å². The van der Waals surface area contributed by atoms with Crippen LogP contribution in [-0.2, 0) is 11.3 Å². The summed E-state index contributed by atoms with van der Waals surface area (Å²) >= 11 is 0. The number of benzene rings is 2. The van der Waals surface area contributed by atoms with E-state index in [9.17, 15) is 18.4 Å². The lowest BCUT2D eigenvalue weighted by Gasteiger charge is -2.33. The highest BCUT2D eigenvalue weighted by Crippen LogP contribution is 2.16. The second kappa shape index (κ2) is 10.5. The molecule has 1 atom stereocenters. The van der Waals surface area contributed by atoms with Crippen LogP contribution in [0.4, 0.5) is 8.78 Å². The zero-order valence-electron chi connectivity index (χ0n) is 17.9. The molecule has 2 amide bonds. The second-order valence-corrected chi connectivity index (χ2v) is 8.34. The van der Waals surface area contributed by atoms with Crippen LogP contribution in [0, 0.1) is 17.6 Å². The summed E-state index contributed by atoms with van der Waals surface area (Å²) in [5, 5.41) is 5.51. The summed E-state index contributed by atoms with van der Waals surface area (Å²) < 4.78 is 27.8. The Kier molecular flexibility index (Phi) is 7.74. The first-order valence-electron chi connectivity index (χ1n) is 10.7. The third kappa shape index (κ3) is 6.10. The van der Waals surface area contributed by atoms with Gasteiger partial charge in [0.1, 0.15) is 23.2 Å². The Labute approximate surface area is 181 Å². The first-order valence-corrected chi connectivity index (χ1v) is 10.7. The first kappa shape index (κ1) is 22.9. The number of amides is 2. The molecule has 0 radical (unpaired) electrons. The van der Waals surface area contributed by atoms with E-state index in [1.807, 2.05) is 18.2 Å². The molecule has 31 heavy (non-hydrogen) atoms. The average Bonchev–Trinajstić information content (AvgIpc) is 2.74. The van der Waals surface area contributed by atoms with Crippen molar-refractivity contribution in [3.63, 3.8) is 0 Å². The van der Waals surface area contributed by atoms with E-state index in [-0.39, 0.29) is 17.9 Å². The lowest BCUT2D eigenvalue weighted by molar-refractivity contribution is -0.125. The number of likely N-dealkylation sites (tertiary alicyclic amines) is 1. The summed E-state index contributed by atoms with van der Waals surface area (Å²) in [5.74, 6) is -3.40. The van der Waals surface area contributed by atoms with E-state index in [4.69, 9.17) is 0 Å². The van der Waals surface area contributed by atoms with E-state index in [0.29, 0.717) is 0 Å². The van der Waals surface area contributed by atoms with Gasteiger partial charge in [0, 0.05) is 25.7 Å². The molecule has 2 N–H and O–H groups in total. The highest BCUT2D eigenvalue weighted by molar-refractivity contribution is 5.98. The fraction of sp³-hybridized carbons (Fsp3) is 0.417. The molecule has 0 saturated carbocycles. The Hall–Kier alpha value is -2.80. The van der Waals surface area contributed by atoms with Gasteiger partial charge in [-0.1, -0.05) is 50.2 Å². The largest absolute Gasteiger partial charge is 0.351 e. The third-order valence-corrected chi connectivity index (χ3v) is 5.61. The van der Waals surface area contributed by atoms with E-state index in [2.05, 4.69) is 27.7 Å².